The summed E-state index contributed by atoms with van der Waals surface area (Å²) >= 11 is 0. The number of aromatic carboxylic acids is 1. The molecule has 0 fully saturated rings. The summed E-state index contributed by atoms with van der Waals surface area (Å²) in [5.41, 5.74) is -0.871. The summed E-state index contributed by atoms with van der Waals surface area (Å²) in [6, 6.07) is 9.25. The molecule has 0 amide bonds. The minimum Gasteiger partial charge on any atom is -0.478 e. The normalized spacial score (nSPS) is 11.2. The van der Waals surface area contributed by atoms with Gasteiger partial charge in [0.2, 0.25) is 0 Å². The molecule has 0 aliphatic rings. The van der Waals surface area contributed by atoms with Crippen LogP contribution in [0.2, 0.25) is 0 Å². The smallest absolute Gasteiger partial charge is 0.420 e. The number of benzene rings is 2. The van der Waals surface area contributed by atoms with Gasteiger partial charge in [-0.2, -0.15) is 13.2 Å². The highest BCUT2D eigenvalue weighted by molar-refractivity contribution is 5.91. The largest absolute Gasteiger partial charge is 0.478 e. The van der Waals surface area contributed by atoms with E-state index < -0.39 is 29.0 Å². The molecule has 0 aliphatic heterocycles. The van der Waals surface area contributed by atoms with Gasteiger partial charge in [-0.1, -0.05) is 18.2 Å². The van der Waals surface area contributed by atoms with Gasteiger partial charge in [-0.25, -0.2) is 4.79 Å². The minimum absolute atomic E-state index is 0.147. The van der Waals surface area contributed by atoms with Crippen molar-refractivity contribution in [3.8, 4) is 11.5 Å². The summed E-state index contributed by atoms with van der Waals surface area (Å²) in [4.78, 5) is 11.1. The van der Waals surface area contributed by atoms with Crippen LogP contribution in [0.3, 0.4) is 0 Å². The fourth-order valence-electron chi connectivity index (χ4n) is 1.84. The second-order valence-corrected chi connectivity index (χ2v) is 4.40. The lowest BCUT2D eigenvalue weighted by Gasteiger charge is -2.16. The van der Waals surface area contributed by atoms with Crippen LogP contribution in [0.5, 0.6) is 11.5 Å². The SMILES string of the molecule is Cc1cccc(Oc2c(C(=O)O)cccc2C(F)(F)F)c1. The molecule has 1 N–H and O–H groups in total. The van der Waals surface area contributed by atoms with Gasteiger partial charge in [0.25, 0.3) is 0 Å². The van der Waals surface area contributed by atoms with Crippen molar-refractivity contribution in [3.63, 3.8) is 0 Å². The van der Waals surface area contributed by atoms with Crippen LogP contribution in [0.25, 0.3) is 0 Å². The molecule has 0 heterocycles. The predicted molar refractivity (Wildman–Crippen MR) is 69.7 cm³/mol. The zero-order valence-corrected chi connectivity index (χ0v) is 10.9. The first kappa shape index (κ1) is 14.9. The highest BCUT2D eigenvalue weighted by Gasteiger charge is 2.36. The van der Waals surface area contributed by atoms with E-state index in [4.69, 9.17) is 9.84 Å². The van der Waals surface area contributed by atoms with E-state index in [1.54, 1.807) is 19.1 Å². The third kappa shape index (κ3) is 3.34. The molecule has 21 heavy (non-hydrogen) atoms. The number of carboxylic acids is 1. The van der Waals surface area contributed by atoms with Crippen molar-refractivity contribution >= 4 is 5.97 Å². The zero-order chi connectivity index (χ0) is 15.6. The van der Waals surface area contributed by atoms with Gasteiger partial charge in [0.15, 0.2) is 5.75 Å². The lowest BCUT2D eigenvalue weighted by molar-refractivity contribution is -0.138. The Bertz CT molecular complexity index is 678. The Labute approximate surface area is 118 Å². The summed E-state index contributed by atoms with van der Waals surface area (Å²) in [7, 11) is 0. The summed E-state index contributed by atoms with van der Waals surface area (Å²) in [5.74, 6) is -2.04. The summed E-state index contributed by atoms with van der Waals surface area (Å²) in [6.45, 7) is 1.75. The van der Waals surface area contributed by atoms with Crippen molar-refractivity contribution < 1.29 is 27.8 Å². The van der Waals surface area contributed by atoms with Crippen molar-refractivity contribution in [1.82, 2.24) is 0 Å². The molecule has 3 nitrogen and oxygen atoms in total. The molecule has 0 aliphatic carbocycles. The van der Waals surface area contributed by atoms with Crippen molar-refractivity contribution in [2.45, 2.75) is 13.1 Å². The van der Waals surface area contributed by atoms with Crippen LogP contribution in [0.1, 0.15) is 21.5 Å². The molecule has 0 atom stereocenters. The van der Waals surface area contributed by atoms with Crippen LogP contribution in [-0.2, 0) is 6.18 Å². The van der Waals surface area contributed by atoms with Gasteiger partial charge in [-0.15, -0.1) is 0 Å². The average molecular weight is 296 g/mol. The van der Waals surface area contributed by atoms with Crippen LogP contribution in [0.15, 0.2) is 42.5 Å². The lowest BCUT2D eigenvalue weighted by atomic mass is 10.1. The maximum Gasteiger partial charge on any atom is 0.420 e. The van der Waals surface area contributed by atoms with E-state index in [-0.39, 0.29) is 5.75 Å². The maximum absolute atomic E-state index is 13.0. The van der Waals surface area contributed by atoms with Crippen LogP contribution < -0.4 is 4.74 Å². The van der Waals surface area contributed by atoms with Gasteiger partial charge in [-0.3, -0.25) is 0 Å². The number of halogens is 3. The fraction of sp³-hybridized carbons (Fsp3) is 0.133. The molecule has 0 aromatic heterocycles. The van der Waals surface area contributed by atoms with Gasteiger partial charge in [0.1, 0.15) is 11.3 Å². The van der Waals surface area contributed by atoms with Crippen molar-refractivity contribution in [3.05, 3.63) is 59.2 Å². The van der Waals surface area contributed by atoms with E-state index in [1.165, 1.54) is 12.1 Å². The number of hydrogen-bond acceptors (Lipinski definition) is 2. The van der Waals surface area contributed by atoms with Crippen LogP contribution in [0, 0.1) is 6.92 Å². The summed E-state index contributed by atoms with van der Waals surface area (Å²) in [5, 5.41) is 9.04. The number of para-hydroxylation sites is 1. The number of carbonyl (C=O) groups is 1. The van der Waals surface area contributed by atoms with Gasteiger partial charge < -0.3 is 9.84 Å². The second-order valence-electron chi connectivity index (χ2n) is 4.40. The molecule has 0 unspecified atom stereocenters. The number of rotatable bonds is 3. The monoisotopic (exact) mass is 296 g/mol. The zero-order valence-electron chi connectivity index (χ0n) is 10.9. The lowest BCUT2D eigenvalue weighted by Crippen LogP contribution is -2.11. The van der Waals surface area contributed by atoms with E-state index in [0.717, 1.165) is 23.8 Å². The van der Waals surface area contributed by atoms with Crippen LogP contribution in [-0.4, -0.2) is 11.1 Å². The van der Waals surface area contributed by atoms with E-state index in [9.17, 15) is 18.0 Å². The van der Waals surface area contributed by atoms with Gasteiger partial charge in [-0.05, 0) is 36.8 Å². The van der Waals surface area contributed by atoms with E-state index in [2.05, 4.69) is 0 Å². The Kier molecular flexibility index (Phi) is 3.88. The molecular weight excluding hydrogens is 285 g/mol. The topological polar surface area (TPSA) is 46.5 Å². The van der Waals surface area contributed by atoms with Gasteiger partial charge >= 0.3 is 12.1 Å². The Hall–Kier alpha value is -2.50. The number of ether oxygens (including phenoxy) is 1. The Balaban J connectivity index is 2.56. The van der Waals surface area contributed by atoms with Crippen molar-refractivity contribution in [2.24, 2.45) is 0 Å². The number of alkyl halides is 3. The fourth-order valence-corrected chi connectivity index (χ4v) is 1.84. The van der Waals surface area contributed by atoms with Gasteiger partial charge in [0, 0.05) is 0 Å². The minimum atomic E-state index is -4.70. The standard InChI is InChI=1S/C15H11F3O3/c1-9-4-2-5-10(8-9)21-13-11(14(19)20)6-3-7-12(13)15(16,17)18/h2-8H,1H3,(H,19,20). The first-order valence-electron chi connectivity index (χ1n) is 5.97. The summed E-state index contributed by atoms with van der Waals surface area (Å²) < 4.78 is 44.2. The molecule has 0 saturated carbocycles. The average Bonchev–Trinajstić information content (AvgIpc) is 2.37. The Morgan fingerprint density at radius 1 is 1.14 bits per heavy atom. The third-order valence-corrected chi connectivity index (χ3v) is 2.76. The van der Waals surface area contributed by atoms with Crippen LogP contribution >= 0.6 is 0 Å². The third-order valence-electron chi connectivity index (χ3n) is 2.76. The predicted octanol–water partition coefficient (Wildman–Crippen LogP) is 4.50. The number of aryl methyl sites for hydroxylation is 1. The highest BCUT2D eigenvalue weighted by atomic mass is 19.4. The summed E-state index contributed by atoms with van der Waals surface area (Å²) in [6.07, 6.45) is -4.70. The van der Waals surface area contributed by atoms with Gasteiger partial charge in [0.05, 0.1) is 5.56 Å². The Morgan fingerprint density at radius 2 is 1.81 bits per heavy atom. The molecule has 0 spiro atoms. The molecule has 2 aromatic carbocycles. The second kappa shape index (κ2) is 5.47. The van der Waals surface area contributed by atoms with Crippen molar-refractivity contribution in [2.75, 3.05) is 0 Å². The number of carboxylic acid groups (broad SMARTS) is 1. The molecule has 6 heteroatoms. The molecule has 2 aromatic rings. The first-order valence-corrected chi connectivity index (χ1v) is 5.97. The maximum atomic E-state index is 13.0. The highest BCUT2D eigenvalue weighted by Crippen LogP contribution is 2.40. The molecular formula is C15H11F3O3. The number of hydrogen-bond donors (Lipinski definition) is 1. The molecule has 0 bridgehead atoms. The van der Waals surface area contributed by atoms with E-state index in [0.29, 0.717) is 0 Å². The van der Waals surface area contributed by atoms with Crippen LogP contribution in [0.4, 0.5) is 13.2 Å². The molecule has 110 valence electrons. The van der Waals surface area contributed by atoms with E-state index >= 15 is 0 Å². The van der Waals surface area contributed by atoms with E-state index in [1.807, 2.05) is 0 Å². The Morgan fingerprint density at radius 3 is 2.38 bits per heavy atom. The van der Waals surface area contributed by atoms with Crippen molar-refractivity contribution in [1.29, 1.82) is 0 Å². The quantitative estimate of drug-likeness (QED) is 0.906. The first-order chi connectivity index (χ1) is 9.79. The molecule has 0 radical (unpaired) electrons. The molecule has 0 saturated heterocycles. The molecule has 2 rings (SSSR count).